The minimum atomic E-state index is -3.91. The highest BCUT2D eigenvalue weighted by Gasteiger charge is 2.16. The van der Waals surface area contributed by atoms with Crippen LogP contribution in [0.15, 0.2) is 53.4 Å². The summed E-state index contributed by atoms with van der Waals surface area (Å²) in [5.74, 6) is 0.380. The van der Waals surface area contributed by atoms with Crippen molar-refractivity contribution in [2.24, 2.45) is 0 Å². The Bertz CT molecular complexity index is 798. The van der Waals surface area contributed by atoms with E-state index in [9.17, 15) is 13.2 Å². The fourth-order valence-corrected chi connectivity index (χ4v) is 3.23. The molecule has 134 valence electrons. The van der Waals surface area contributed by atoms with Crippen LogP contribution >= 0.6 is 11.6 Å². The van der Waals surface area contributed by atoms with E-state index in [0.717, 1.165) is 18.4 Å². The van der Waals surface area contributed by atoms with Gasteiger partial charge < -0.3 is 8.92 Å². The zero-order valence-electron chi connectivity index (χ0n) is 13.8. The van der Waals surface area contributed by atoms with E-state index >= 15 is 0 Å². The van der Waals surface area contributed by atoms with E-state index in [1.807, 2.05) is 0 Å². The Morgan fingerprint density at radius 2 is 1.60 bits per heavy atom. The quantitative estimate of drug-likeness (QED) is 0.398. The lowest BCUT2D eigenvalue weighted by molar-refractivity contribution is -0.139. The second kappa shape index (κ2) is 8.87. The SMILES string of the molecule is COC(=O)Cc1ccc(OS(=O)(=O)c2ccc(CCCCl)cc2)cc1. The highest BCUT2D eigenvalue weighted by molar-refractivity contribution is 7.87. The summed E-state index contributed by atoms with van der Waals surface area (Å²) in [7, 11) is -2.60. The van der Waals surface area contributed by atoms with Gasteiger partial charge in [0.1, 0.15) is 10.6 Å². The number of ether oxygens (including phenoxy) is 1. The van der Waals surface area contributed by atoms with Crippen LogP contribution in [0.2, 0.25) is 0 Å². The number of benzene rings is 2. The van der Waals surface area contributed by atoms with Crippen LogP contribution in [0.5, 0.6) is 5.75 Å². The molecule has 2 aromatic rings. The van der Waals surface area contributed by atoms with Crippen molar-refractivity contribution in [2.75, 3.05) is 13.0 Å². The normalized spacial score (nSPS) is 11.1. The van der Waals surface area contributed by atoms with Gasteiger partial charge in [-0.05, 0) is 48.2 Å². The molecule has 25 heavy (non-hydrogen) atoms. The van der Waals surface area contributed by atoms with Crippen LogP contribution in [-0.4, -0.2) is 27.4 Å². The fourth-order valence-electron chi connectivity index (χ4n) is 2.17. The Kier molecular flexibility index (Phi) is 6.84. The molecular weight excluding hydrogens is 364 g/mol. The lowest BCUT2D eigenvalue weighted by Crippen LogP contribution is -2.10. The number of hydrogen-bond acceptors (Lipinski definition) is 5. The first-order chi connectivity index (χ1) is 11.9. The van der Waals surface area contributed by atoms with E-state index in [1.54, 1.807) is 24.3 Å². The van der Waals surface area contributed by atoms with Gasteiger partial charge in [0.25, 0.3) is 0 Å². The Balaban J connectivity index is 2.06. The molecule has 0 aromatic heterocycles. The summed E-state index contributed by atoms with van der Waals surface area (Å²) in [6, 6.07) is 12.8. The summed E-state index contributed by atoms with van der Waals surface area (Å²) in [5.41, 5.74) is 1.73. The second-order valence-corrected chi connectivity index (χ2v) is 7.30. The van der Waals surface area contributed by atoms with Crippen molar-refractivity contribution in [1.82, 2.24) is 0 Å². The first kappa shape index (κ1) is 19.3. The van der Waals surface area contributed by atoms with Gasteiger partial charge in [-0.15, -0.1) is 11.6 Å². The molecule has 0 spiro atoms. The van der Waals surface area contributed by atoms with Crippen LogP contribution in [-0.2, 0) is 32.5 Å². The summed E-state index contributed by atoms with van der Waals surface area (Å²) < 4.78 is 34.4. The van der Waals surface area contributed by atoms with E-state index in [2.05, 4.69) is 4.74 Å². The number of alkyl halides is 1. The minimum absolute atomic E-state index is 0.0840. The molecule has 0 amide bonds. The Hall–Kier alpha value is -2.05. The number of methoxy groups -OCH3 is 1. The van der Waals surface area contributed by atoms with E-state index < -0.39 is 10.1 Å². The number of carbonyl (C=O) groups excluding carboxylic acids is 1. The van der Waals surface area contributed by atoms with Crippen molar-refractivity contribution in [3.05, 3.63) is 59.7 Å². The number of carbonyl (C=O) groups is 1. The molecule has 0 aliphatic rings. The molecule has 0 saturated heterocycles. The maximum Gasteiger partial charge on any atom is 0.339 e. The zero-order valence-corrected chi connectivity index (χ0v) is 15.3. The molecular formula is C18H19ClO5S. The first-order valence-corrected chi connectivity index (χ1v) is 9.64. The summed E-state index contributed by atoms with van der Waals surface area (Å²) in [4.78, 5) is 11.3. The number of halogens is 1. The fraction of sp³-hybridized carbons (Fsp3) is 0.278. The van der Waals surface area contributed by atoms with Gasteiger partial charge in [-0.2, -0.15) is 8.42 Å². The Morgan fingerprint density at radius 1 is 1.00 bits per heavy atom. The second-order valence-electron chi connectivity index (χ2n) is 5.37. The van der Waals surface area contributed by atoms with Crippen LogP contribution in [0.3, 0.4) is 0 Å². The highest BCUT2D eigenvalue weighted by atomic mass is 35.5. The molecule has 0 N–H and O–H groups in total. The highest BCUT2D eigenvalue weighted by Crippen LogP contribution is 2.20. The Morgan fingerprint density at radius 3 is 2.16 bits per heavy atom. The van der Waals surface area contributed by atoms with Crippen molar-refractivity contribution in [3.8, 4) is 5.75 Å². The summed E-state index contributed by atoms with van der Waals surface area (Å²) >= 11 is 5.65. The van der Waals surface area contributed by atoms with Crippen molar-refractivity contribution >= 4 is 27.7 Å². The lowest BCUT2D eigenvalue weighted by atomic mass is 10.1. The van der Waals surface area contributed by atoms with Gasteiger partial charge >= 0.3 is 16.1 Å². The summed E-state index contributed by atoms with van der Waals surface area (Å²) in [6.07, 6.45) is 1.75. The first-order valence-electron chi connectivity index (χ1n) is 7.70. The van der Waals surface area contributed by atoms with Crippen LogP contribution in [0.25, 0.3) is 0 Å². The standard InChI is InChI=1S/C18H19ClO5S/c1-23-18(20)13-15-4-8-16(9-5-15)24-25(21,22)17-10-6-14(7-11-17)3-2-12-19/h4-11H,2-3,12-13H2,1H3. The van der Waals surface area contributed by atoms with Crippen LogP contribution in [0.1, 0.15) is 17.5 Å². The lowest BCUT2D eigenvalue weighted by Gasteiger charge is -2.08. The molecule has 2 aromatic carbocycles. The third kappa shape index (κ3) is 5.76. The molecule has 0 atom stereocenters. The monoisotopic (exact) mass is 382 g/mol. The average molecular weight is 383 g/mol. The summed E-state index contributed by atoms with van der Waals surface area (Å²) in [6.45, 7) is 0. The van der Waals surface area contributed by atoms with Gasteiger partial charge in [-0.25, -0.2) is 0 Å². The van der Waals surface area contributed by atoms with Crippen molar-refractivity contribution in [3.63, 3.8) is 0 Å². The smallest absolute Gasteiger partial charge is 0.339 e. The van der Waals surface area contributed by atoms with Gasteiger partial charge in [-0.1, -0.05) is 24.3 Å². The molecule has 0 fully saturated rings. The topological polar surface area (TPSA) is 69.7 Å². The van der Waals surface area contributed by atoms with Crippen LogP contribution < -0.4 is 4.18 Å². The van der Waals surface area contributed by atoms with Gasteiger partial charge in [0.2, 0.25) is 0 Å². The summed E-state index contributed by atoms with van der Waals surface area (Å²) in [5, 5.41) is 0. The van der Waals surface area contributed by atoms with E-state index in [4.69, 9.17) is 15.8 Å². The maximum absolute atomic E-state index is 12.3. The molecule has 0 unspecified atom stereocenters. The van der Waals surface area contributed by atoms with Gasteiger partial charge in [-0.3, -0.25) is 4.79 Å². The molecule has 7 heteroatoms. The predicted octanol–water partition coefficient (Wildman–Crippen LogP) is 3.34. The average Bonchev–Trinajstić information content (AvgIpc) is 2.61. The van der Waals surface area contributed by atoms with Crippen molar-refractivity contribution < 1.29 is 22.1 Å². The van der Waals surface area contributed by atoms with Crippen molar-refractivity contribution in [2.45, 2.75) is 24.2 Å². The zero-order chi connectivity index (χ0) is 18.3. The van der Waals surface area contributed by atoms with Gasteiger partial charge in [0, 0.05) is 5.88 Å². The molecule has 0 heterocycles. The van der Waals surface area contributed by atoms with Gasteiger partial charge in [0.05, 0.1) is 13.5 Å². The molecule has 2 rings (SSSR count). The number of esters is 1. The maximum atomic E-state index is 12.3. The number of rotatable bonds is 8. The van der Waals surface area contributed by atoms with Crippen molar-refractivity contribution in [1.29, 1.82) is 0 Å². The minimum Gasteiger partial charge on any atom is -0.469 e. The molecule has 0 aliphatic carbocycles. The molecule has 5 nitrogen and oxygen atoms in total. The van der Waals surface area contributed by atoms with Crippen LogP contribution in [0, 0.1) is 0 Å². The van der Waals surface area contributed by atoms with E-state index in [-0.39, 0.29) is 23.0 Å². The number of hydrogen-bond donors (Lipinski definition) is 0. The molecule has 0 saturated carbocycles. The number of aryl methyl sites for hydroxylation is 1. The Labute approximate surface area is 152 Å². The third-order valence-electron chi connectivity index (χ3n) is 3.52. The van der Waals surface area contributed by atoms with E-state index in [0.29, 0.717) is 11.4 Å². The molecule has 0 radical (unpaired) electrons. The third-order valence-corrected chi connectivity index (χ3v) is 5.05. The van der Waals surface area contributed by atoms with Crippen LogP contribution in [0.4, 0.5) is 0 Å². The largest absolute Gasteiger partial charge is 0.469 e. The molecule has 0 aliphatic heterocycles. The molecule has 0 bridgehead atoms. The van der Waals surface area contributed by atoms with Gasteiger partial charge in [0.15, 0.2) is 0 Å². The predicted molar refractivity (Wildman–Crippen MR) is 95.5 cm³/mol. The van der Waals surface area contributed by atoms with E-state index in [1.165, 1.54) is 31.4 Å².